The molecule has 0 heterocycles. The van der Waals surface area contributed by atoms with Crippen LogP contribution in [0.2, 0.25) is 0 Å². The summed E-state index contributed by atoms with van der Waals surface area (Å²) in [6.07, 6.45) is 1.73. The Morgan fingerprint density at radius 3 is 2.30 bits per heavy atom. The van der Waals surface area contributed by atoms with Gasteiger partial charge < -0.3 is 13.9 Å². The maximum absolute atomic E-state index is 13.3. The van der Waals surface area contributed by atoms with E-state index in [1.54, 1.807) is 32.9 Å². The first-order valence-corrected chi connectivity index (χ1v) is 13.4. The second kappa shape index (κ2) is 15.0. The highest BCUT2D eigenvalue weighted by Crippen LogP contribution is 2.50. The quantitative estimate of drug-likeness (QED) is 0.128. The van der Waals surface area contributed by atoms with E-state index in [0.717, 1.165) is 0 Å². The first-order valence-electron chi connectivity index (χ1n) is 10.8. The standard InChI is InChI=1S/C22H33N2O7PS/c1-6-19(18(5)24(26)27)14-21(32(28,30-7-2)31-8-3)23-29-15-17(4)16-33-22(25)20-12-10-9-11-13-20/h9-14,17-18H,6-8,15-16H2,1-5H3/b19-14+,23-21+. The maximum Gasteiger partial charge on any atom is 0.382 e. The Morgan fingerprint density at radius 1 is 1.18 bits per heavy atom. The van der Waals surface area contributed by atoms with Crippen molar-refractivity contribution in [1.29, 1.82) is 0 Å². The molecule has 0 amide bonds. The van der Waals surface area contributed by atoms with Crippen LogP contribution in [0.4, 0.5) is 0 Å². The van der Waals surface area contributed by atoms with E-state index in [-0.39, 0.29) is 36.3 Å². The molecule has 11 heteroatoms. The lowest BCUT2D eigenvalue weighted by molar-refractivity contribution is -0.507. The average molecular weight is 501 g/mol. The average Bonchev–Trinajstić information content (AvgIpc) is 2.80. The third-order valence-corrected chi connectivity index (χ3v) is 7.68. The molecule has 2 atom stereocenters. The Labute approximate surface area is 199 Å². The summed E-state index contributed by atoms with van der Waals surface area (Å²) in [6.45, 7) is 8.79. The fourth-order valence-corrected chi connectivity index (χ4v) is 4.97. The van der Waals surface area contributed by atoms with Crippen LogP contribution >= 0.6 is 19.4 Å². The normalized spacial score (nSPS) is 14.6. The fourth-order valence-electron chi connectivity index (χ4n) is 2.64. The first kappa shape index (κ1) is 29.0. The van der Waals surface area contributed by atoms with Crippen LogP contribution < -0.4 is 0 Å². The molecule has 0 saturated heterocycles. The monoisotopic (exact) mass is 500 g/mol. The Hall–Kier alpha value is -2.00. The van der Waals surface area contributed by atoms with Crippen LogP contribution in [0.3, 0.4) is 0 Å². The molecule has 1 aromatic rings. The van der Waals surface area contributed by atoms with Gasteiger partial charge in [0.25, 0.3) is 0 Å². The van der Waals surface area contributed by atoms with E-state index in [9.17, 15) is 19.5 Å². The molecule has 0 radical (unpaired) electrons. The summed E-state index contributed by atoms with van der Waals surface area (Å²) in [5.74, 6) is 0.459. The molecule has 0 aromatic heterocycles. The SMILES string of the molecule is CCOP(=O)(OCC)C(/C=C(\CC)C(C)[N+](=O)[O-])=N/OCC(C)CSC(=O)c1ccccc1. The smallest absolute Gasteiger partial charge is 0.382 e. The molecule has 0 saturated carbocycles. The van der Waals surface area contributed by atoms with Gasteiger partial charge in [-0.3, -0.25) is 19.5 Å². The zero-order valence-corrected chi connectivity index (χ0v) is 21.5. The number of hydrogen-bond acceptors (Lipinski definition) is 9. The van der Waals surface area contributed by atoms with Crippen molar-refractivity contribution in [1.82, 2.24) is 0 Å². The number of carbonyl (C=O) groups excluding carboxylic acids is 1. The number of benzene rings is 1. The van der Waals surface area contributed by atoms with Gasteiger partial charge in [-0.05, 0) is 26.3 Å². The summed E-state index contributed by atoms with van der Waals surface area (Å²) in [5.41, 5.74) is 0.929. The molecule has 0 bridgehead atoms. The van der Waals surface area contributed by atoms with E-state index >= 15 is 0 Å². The fraction of sp³-hybridized carbons (Fsp3) is 0.545. The van der Waals surface area contributed by atoms with Crippen LogP contribution in [0.25, 0.3) is 0 Å². The number of nitro groups is 1. The van der Waals surface area contributed by atoms with Crippen LogP contribution in [0.15, 0.2) is 47.1 Å². The highest BCUT2D eigenvalue weighted by atomic mass is 32.2. The topological polar surface area (TPSA) is 117 Å². The van der Waals surface area contributed by atoms with Gasteiger partial charge in [-0.1, -0.05) is 61.1 Å². The van der Waals surface area contributed by atoms with Crippen molar-refractivity contribution in [3.63, 3.8) is 0 Å². The summed E-state index contributed by atoms with van der Waals surface area (Å²) < 4.78 is 24.0. The van der Waals surface area contributed by atoms with Crippen molar-refractivity contribution in [3.05, 3.63) is 57.7 Å². The lowest BCUT2D eigenvalue weighted by atomic mass is 10.1. The Balaban J connectivity index is 2.96. The van der Waals surface area contributed by atoms with E-state index in [2.05, 4.69) is 5.16 Å². The molecular formula is C22H33N2O7PS. The molecule has 0 spiro atoms. The van der Waals surface area contributed by atoms with Crippen LogP contribution in [0, 0.1) is 16.0 Å². The minimum Gasteiger partial charge on any atom is -0.395 e. The van der Waals surface area contributed by atoms with Gasteiger partial charge in [-0.15, -0.1) is 0 Å². The number of hydrogen-bond donors (Lipinski definition) is 0. The molecule has 1 aromatic carbocycles. The number of rotatable bonds is 15. The molecule has 33 heavy (non-hydrogen) atoms. The molecule has 0 aliphatic heterocycles. The maximum atomic E-state index is 13.3. The second-order valence-corrected chi connectivity index (χ2v) is 10.1. The predicted octanol–water partition coefficient (Wildman–Crippen LogP) is 5.79. The van der Waals surface area contributed by atoms with Crippen molar-refractivity contribution < 1.29 is 28.2 Å². The molecule has 2 unspecified atom stereocenters. The largest absolute Gasteiger partial charge is 0.395 e. The van der Waals surface area contributed by atoms with Crippen LogP contribution in [0.5, 0.6) is 0 Å². The molecule has 0 N–H and O–H groups in total. The van der Waals surface area contributed by atoms with E-state index in [4.69, 9.17) is 13.9 Å². The number of carbonyl (C=O) groups is 1. The summed E-state index contributed by atoms with van der Waals surface area (Å²) in [4.78, 5) is 28.5. The van der Waals surface area contributed by atoms with Gasteiger partial charge in [0.15, 0.2) is 5.45 Å². The van der Waals surface area contributed by atoms with E-state index < -0.39 is 18.6 Å². The Kier molecular flexibility index (Phi) is 13.2. The van der Waals surface area contributed by atoms with Crippen molar-refractivity contribution in [2.45, 2.75) is 47.1 Å². The van der Waals surface area contributed by atoms with E-state index in [1.807, 2.05) is 25.1 Å². The molecule has 9 nitrogen and oxygen atoms in total. The van der Waals surface area contributed by atoms with Crippen LogP contribution in [0.1, 0.15) is 51.4 Å². The number of allylic oxidation sites excluding steroid dienone is 1. The zero-order chi connectivity index (χ0) is 24.9. The highest BCUT2D eigenvalue weighted by Gasteiger charge is 2.33. The Bertz CT molecular complexity index is 867. The second-order valence-electron chi connectivity index (χ2n) is 7.18. The van der Waals surface area contributed by atoms with Gasteiger partial charge in [0.1, 0.15) is 6.61 Å². The minimum atomic E-state index is -3.83. The molecule has 184 valence electrons. The van der Waals surface area contributed by atoms with Crippen LogP contribution in [-0.2, 0) is 18.5 Å². The van der Waals surface area contributed by atoms with Crippen molar-refractivity contribution in [2.75, 3.05) is 25.6 Å². The predicted molar refractivity (Wildman–Crippen MR) is 131 cm³/mol. The van der Waals surface area contributed by atoms with Gasteiger partial charge >= 0.3 is 7.60 Å². The highest BCUT2D eigenvalue weighted by molar-refractivity contribution is 8.14. The van der Waals surface area contributed by atoms with Gasteiger partial charge in [0.05, 0.1) is 13.2 Å². The zero-order valence-electron chi connectivity index (χ0n) is 19.8. The Morgan fingerprint density at radius 2 is 1.79 bits per heavy atom. The molecule has 1 rings (SSSR count). The third kappa shape index (κ3) is 9.80. The summed E-state index contributed by atoms with van der Waals surface area (Å²) in [6, 6.07) is 8.00. The summed E-state index contributed by atoms with van der Waals surface area (Å²) >= 11 is 1.18. The molecule has 0 fully saturated rings. The van der Waals surface area contributed by atoms with Gasteiger partial charge in [0, 0.05) is 34.7 Å². The number of oxime groups is 1. The van der Waals surface area contributed by atoms with E-state index in [1.165, 1.54) is 24.8 Å². The van der Waals surface area contributed by atoms with Crippen molar-refractivity contribution >= 4 is 29.9 Å². The third-order valence-electron chi connectivity index (χ3n) is 4.48. The molecular weight excluding hydrogens is 467 g/mol. The van der Waals surface area contributed by atoms with Crippen molar-refractivity contribution in [3.8, 4) is 0 Å². The van der Waals surface area contributed by atoms with Crippen molar-refractivity contribution in [2.24, 2.45) is 11.1 Å². The molecule has 0 aliphatic rings. The number of nitrogens with zero attached hydrogens (tertiary/aromatic N) is 2. The van der Waals surface area contributed by atoms with Gasteiger partial charge in [0.2, 0.25) is 11.2 Å². The van der Waals surface area contributed by atoms with Crippen LogP contribution in [-0.4, -0.2) is 47.1 Å². The lowest BCUT2D eigenvalue weighted by Gasteiger charge is -2.18. The summed E-state index contributed by atoms with van der Waals surface area (Å²) in [7, 11) is -3.83. The van der Waals surface area contributed by atoms with Gasteiger partial charge in [-0.25, -0.2) is 0 Å². The molecule has 0 aliphatic carbocycles. The summed E-state index contributed by atoms with van der Waals surface area (Å²) in [5, 5.41) is 15.2. The van der Waals surface area contributed by atoms with Gasteiger partial charge in [-0.2, -0.15) is 0 Å². The van der Waals surface area contributed by atoms with E-state index in [0.29, 0.717) is 23.3 Å². The first-order chi connectivity index (χ1) is 15.7. The minimum absolute atomic E-state index is 0.0341. The lowest BCUT2D eigenvalue weighted by Crippen LogP contribution is -2.19. The number of thioether (sulfide) groups is 1.